The second kappa shape index (κ2) is 12.9. The molecule has 228 valence electrons. The predicted octanol–water partition coefficient (Wildman–Crippen LogP) is 10.6. The van der Waals surface area contributed by atoms with Gasteiger partial charge in [-0.2, -0.15) is 0 Å². The molecule has 8 heteroatoms. The average molecular weight is 956 g/mol. The molecule has 0 aromatic heterocycles. The Hall–Kier alpha value is -1.04. The summed E-state index contributed by atoms with van der Waals surface area (Å²) in [5.41, 5.74) is 11.6. The Kier molecular flexibility index (Phi) is 9.62. The molecular formula is C36H33Br4IN2O. The van der Waals surface area contributed by atoms with Crippen LogP contribution in [0.15, 0.2) is 90.7 Å². The van der Waals surface area contributed by atoms with Crippen molar-refractivity contribution in [3.8, 4) is 22.3 Å². The van der Waals surface area contributed by atoms with Gasteiger partial charge in [0.25, 0.3) is 0 Å². The number of amides is 1. The van der Waals surface area contributed by atoms with E-state index in [-0.39, 0.29) is 40.7 Å². The first-order valence-electron chi connectivity index (χ1n) is 14.9. The number of likely N-dealkylation sites (tertiary alicyclic amines) is 1. The number of nitrogens with one attached hydrogen (secondary N) is 1. The smallest absolute Gasteiger partial charge is 0.219 e. The van der Waals surface area contributed by atoms with Gasteiger partial charge in [0.1, 0.15) is 0 Å². The second-order valence-corrected chi connectivity index (χ2v) is 15.8. The normalized spacial score (nSPS) is 18.0. The Morgan fingerprint density at radius 1 is 0.591 bits per heavy atom. The summed E-state index contributed by atoms with van der Waals surface area (Å²) in [6, 6.07) is 26.7. The molecule has 4 aromatic carbocycles. The number of halogens is 5. The van der Waals surface area contributed by atoms with Crippen molar-refractivity contribution in [3.05, 3.63) is 113 Å². The van der Waals surface area contributed by atoms with Crippen molar-refractivity contribution in [2.75, 3.05) is 26.2 Å². The topological polar surface area (TPSA) is 32.3 Å². The van der Waals surface area contributed by atoms with Gasteiger partial charge >= 0.3 is 0 Å². The minimum absolute atomic E-state index is 0. The minimum atomic E-state index is 0. The third kappa shape index (κ3) is 5.51. The van der Waals surface area contributed by atoms with Gasteiger partial charge in [0.05, 0.1) is 0 Å². The summed E-state index contributed by atoms with van der Waals surface area (Å²) in [5, 5.41) is 3.50. The molecule has 2 heterocycles. The van der Waals surface area contributed by atoms with E-state index < -0.39 is 0 Å². The first kappa shape index (κ1) is 32.9. The fourth-order valence-electron chi connectivity index (χ4n) is 8.01. The molecule has 44 heavy (non-hydrogen) atoms. The number of nitrogens with zero attached hydrogens (tertiary/aromatic N) is 1. The van der Waals surface area contributed by atoms with Crippen LogP contribution in [-0.4, -0.2) is 37.0 Å². The Labute approximate surface area is 310 Å². The molecule has 2 aliphatic carbocycles. The fraction of sp³-hybridized carbons (Fsp3) is 0.306. The van der Waals surface area contributed by atoms with Crippen LogP contribution in [0.1, 0.15) is 54.9 Å². The predicted molar refractivity (Wildman–Crippen MR) is 205 cm³/mol. The standard InChI is InChI=1S/C19H17Br2NO.C17H15Br2N.HI/c1-12(23)22-8-6-19(7-9-22)17-10-13(20)2-4-15(17)16-5-3-14(21)11-18(16)19;18-11-1-3-13-14-4-2-12(19)10-16(14)17(15(13)9-11)5-7-20-8-6-17;/h2-5,10-11H,6-9H2,1H3;1-4,9-10,20H,5-8H2;1H. The van der Waals surface area contributed by atoms with Crippen molar-refractivity contribution >= 4 is 93.6 Å². The number of hydrogen-bond acceptors (Lipinski definition) is 2. The van der Waals surface area contributed by atoms with Crippen molar-refractivity contribution in [3.63, 3.8) is 0 Å². The minimum Gasteiger partial charge on any atom is -0.343 e. The summed E-state index contributed by atoms with van der Waals surface area (Å²) < 4.78 is 4.61. The highest BCUT2D eigenvalue weighted by Crippen LogP contribution is 2.56. The van der Waals surface area contributed by atoms with Crippen LogP contribution in [0.4, 0.5) is 0 Å². The molecule has 8 rings (SSSR count). The number of fused-ring (bicyclic) bond motifs is 10. The molecule has 0 atom stereocenters. The average Bonchev–Trinajstić information content (AvgIpc) is 3.39. The van der Waals surface area contributed by atoms with Crippen LogP contribution in [0.2, 0.25) is 0 Å². The van der Waals surface area contributed by atoms with E-state index in [1.165, 1.54) is 66.3 Å². The summed E-state index contributed by atoms with van der Waals surface area (Å²) in [6.45, 7) is 5.51. The van der Waals surface area contributed by atoms with Gasteiger partial charge in [-0.15, -0.1) is 24.0 Å². The van der Waals surface area contributed by atoms with Crippen molar-refractivity contribution in [2.45, 2.75) is 43.4 Å². The van der Waals surface area contributed by atoms with Gasteiger partial charge in [0, 0.05) is 48.7 Å². The largest absolute Gasteiger partial charge is 0.343 e. The van der Waals surface area contributed by atoms with Gasteiger partial charge < -0.3 is 10.2 Å². The number of carbonyl (C=O) groups is 1. The Balaban J connectivity index is 0.000000154. The van der Waals surface area contributed by atoms with E-state index >= 15 is 0 Å². The SMILES string of the molecule is Brc1ccc2c(c1)C1(CCNCC1)c1cc(Br)ccc1-2.CC(=O)N1CCC2(CC1)c1cc(Br)ccc1-c1ccc(Br)cc12.I. The van der Waals surface area contributed by atoms with Crippen LogP contribution < -0.4 is 5.32 Å². The van der Waals surface area contributed by atoms with Crippen molar-refractivity contribution in [1.29, 1.82) is 0 Å². The maximum atomic E-state index is 11.7. The zero-order valence-electron chi connectivity index (χ0n) is 24.4. The molecule has 4 aromatic rings. The summed E-state index contributed by atoms with van der Waals surface area (Å²) in [5.74, 6) is 0.182. The molecule has 0 saturated carbocycles. The maximum Gasteiger partial charge on any atom is 0.219 e. The Bertz CT molecular complexity index is 1650. The van der Waals surface area contributed by atoms with Crippen molar-refractivity contribution in [1.82, 2.24) is 10.2 Å². The second-order valence-electron chi connectivity index (χ2n) is 12.2. The highest BCUT2D eigenvalue weighted by atomic mass is 127. The van der Waals surface area contributed by atoms with Crippen LogP contribution in [0, 0.1) is 0 Å². The van der Waals surface area contributed by atoms with E-state index in [0.717, 1.165) is 48.0 Å². The molecule has 1 N–H and O–H groups in total. The summed E-state index contributed by atoms with van der Waals surface area (Å²) in [7, 11) is 0. The third-order valence-electron chi connectivity index (χ3n) is 10.1. The summed E-state index contributed by atoms with van der Waals surface area (Å²) in [4.78, 5) is 13.7. The summed E-state index contributed by atoms with van der Waals surface area (Å²) >= 11 is 14.6. The lowest BCUT2D eigenvalue weighted by molar-refractivity contribution is -0.130. The molecule has 1 amide bonds. The molecule has 2 saturated heterocycles. The lowest BCUT2D eigenvalue weighted by Crippen LogP contribution is -2.44. The number of benzene rings is 4. The van der Waals surface area contributed by atoms with Gasteiger partial charge in [-0.05, 0) is 132 Å². The van der Waals surface area contributed by atoms with Crippen LogP contribution in [-0.2, 0) is 15.6 Å². The molecule has 0 radical (unpaired) electrons. The van der Waals surface area contributed by atoms with Gasteiger partial charge in [-0.3, -0.25) is 4.79 Å². The third-order valence-corrected chi connectivity index (χ3v) is 12.1. The molecule has 4 aliphatic rings. The zero-order chi connectivity index (χ0) is 29.9. The van der Waals surface area contributed by atoms with Gasteiger partial charge in [-0.25, -0.2) is 0 Å². The van der Waals surface area contributed by atoms with Gasteiger partial charge in [-0.1, -0.05) is 88.0 Å². The van der Waals surface area contributed by atoms with Crippen molar-refractivity contribution in [2.24, 2.45) is 0 Å². The monoisotopic (exact) mass is 952 g/mol. The first-order valence-corrected chi connectivity index (χ1v) is 18.1. The molecule has 2 fully saturated rings. The van der Waals surface area contributed by atoms with E-state index in [1.807, 2.05) is 4.90 Å². The molecule has 3 nitrogen and oxygen atoms in total. The molecular weight excluding hydrogens is 923 g/mol. The highest BCUT2D eigenvalue weighted by Gasteiger charge is 2.46. The first-order chi connectivity index (χ1) is 20.7. The van der Waals surface area contributed by atoms with Crippen LogP contribution in [0.25, 0.3) is 22.3 Å². The van der Waals surface area contributed by atoms with Crippen molar-refractivity contribution < 1.29 is 4.79 Å². The lowest BCUT2D eigenvalue weighted by Gasteiger charge is -2.40. The number of piperidine rings is 2. The van der Waals surface area contributed by atoms with Gasteiger partial charge in [0.15, 0.2) is 0 Å². The maximum absolute atomic E-state index is 11.7. The number of rotatable bonds is 0. The molecule has 0 unspecified atom stereocenters. The van der Waals surface area contributed by atoms with E-state index in [4.69, 9.17) is 0 Å². The van der Waals surface area contributed by atoms with Gasteiger partial charge in [0.2, 0.25) is 5.91 Å². The lowest BCUT2D eigenvalue weighted by atomic mass is 9.71. The zero-order valence-corrected chi connectivity index (χ0v) is 33.0. The van der Waals surface area contributed by atoms with E-state index in [1.54, 1.807) is 6.92 Å². The number of hydrogen-bond donors (Lipinski definition) is 1. The van der Waals surface area contributed by atoms with Crippen LogP contribution in [0.5, 0.6) is 0 Å². The molecule has 2 aliphatic heterocycles. The molecule has 0 bridgehead atoms. The fourth-order valence-corrected chi connectivity index (χ4v) is 9.46. The quantitative estimate of drug-likeness (QED) is 0.178. The molecule has 2 spiro atoms. The Morgan fingerprint density at radius 2 is 0.909 bits per heavy atom. The number of carbonyl (C=O) groups excluding carboxylic acids is 1. The van der Waals surface area contributed by atoms with E-state index in [9.17, 15) is 4.79 Å². The van der Waals surface area contributed by atoms with E-state index in [0.29, 0.717) is 0 Å². The van der Waals surface area contributed by atoms with Crippen LogP contribution >= 0.6 is 87.7 Å². The highest BCUT2D eigenvalue weighted by molar-refractivity contribution is 14.0. The summed E-state index contributed by atoms with van der Waals surface area (Å²) in [6.07, 6.45) is 4.33. The van der Waals surface area contributed by atoms with Crippen LogP contribution in [0.3, 0.4) is 0 Å². The van der Waals surface area contributed by atoms with E-state index in [2.05, 4.69) is 142 Å². The Morgan fingerprint density at radius 3 is 1.23 bits per heavy atom.